The van der Waals surface area contributed by atoms with Gasteiger partial charge >= 0.3 is 0 Å². The Morgan fingerprint density at radius 3 is 2.40 bits per heavy atom. The molecule has 0 spiro atoms. The summed E-state index contributed by atoms with van der Waals surface area (Å²) in [6, 6.07) is 0. The van der Waals surface area contributed by atoms with Crippen molar-refractivity contribution in [1.82, 2.24) is 15.5 Å². The lowest BCUT2D eigenvalue weighted by molar-refractivity contribution is -0.130. The van der Waals surface area contributed by atoms with Gasteiger partial charge < -0.3 is 20.3 Å². The van der Waals surface area contributed by atoms with Crippen LogP contribution in [0.1, 0.15) is 53.4 Å². The molecule has 6 nitrogen and oxygen atoms in total. The molecule has 7 heteroatoms. The molecule has 0 aliphatic carbocycles. The summed E-state index contributed by atoms with van der Waals surface area (Å²) in [4.78, 5) is 18.6. The largest absolute Gasteiger partial charge is 0.378 e. The van der Waals surface area contributed by atoms with Crippen molar-refractivity contribution in [3.05, 3.63) is 0 Å². The third kappa shape index (κ3) is 10.2. The van der Waals surface area contributed by atoms with Gasteiger partial charge in [0.15, 0.2) is 5.96 Å². The number of hydrogen-bond acceptors (Lipinski definition) is 3. The predicted molar refractivity (Wildman–Crippen MR) is 115 cm³/mol. The first-order valence-corrected chi connectivity index (χ1v) is 9.50. The van der Waals surface area contributed by atoms with Gasteiger partial charge in [-0.1, -0.05) is 13.8 Å². The zero-order valence-corrected chi connectivity index (χ0v) is 18.7. The first kappa shape index (κ1) is 24.4. The van der Waals surface area contributed by atoms with Crippen molar-refractivity contribution >= 4 is 35.8 Å². The molecule has 1 rings (SSSR count). The summed E-state index contributed by atoms with van der Waals surface area (Å²) in [5.74, 6) is 1.33. The minimum Gasteiger partial charge on any atom is -0.378 e. The Balaban J connectivity index is 0.00000576. The molecule has 25 heavy (non-hydrogen) atoms. The van der Waals surface area contributed by atoms with E-state index < -0.39 is 0 Å². The van der Waals surface area contributed by atoms with Crippen LogP contribution in [0.4, 0.5) is 0 Å². The lowest BCUT2D eigenvalue weighted by Gasteiger charge is -2.26. The minimum atomic E-state index is 0. The molecule has 1 saturated heterocycles. The van der Waals surface area contributed by atoms with Crippen molar-refractivity contribution < 1.29 is 9.53 Å². The fourth-order valence-electron chi connectivity index (χ4n) is 2.89. The Hall–Kier alpha value is -0.570. The average Bonchev–Trinajstić information content (AvgIpc) is 2.59. The van der Waals surface area contributed by atoms with Gasteiger partial charge in [0, 0.05) is 32.8 Å². The van der Waals surface area contributed by atoms with E-state index in [2.05, 4.69) is 29.5 Å². The summed E-state index contributed by atoms with van der Waals surface area (Å²) in [5, 5.41) is 6.51. The molecule has 0 aromatic heterocycles. The number of aliphatic imine (C=N–C) groups is 1. The van der Waals surface area contributed by atoms with E-state index in [1.807, 2.05) is 18.7 Å². The standard InChI is InChI=1S/C18H36N4O2.HI/c1-5-19-18(20-11-10-16(15(3)4)24-6-2)21-14-17(23)22-12-8-7-9-13-22;/h15-16H,5-14H2,1-4H3,(H2,19,20,21);1H. The maximum Gasteiger partial charge on any atom is 0.244 e. The van der Waals surface area contributed by atoms with Gasteiger partial charge in [-0.2, -0.15) is 0 Å². The minimum absolute atomic E-state index is 0. The summed E-state index contributed by atoms with van der Waals surface area (Å²) >= 11 is 0. The van der Waals surface area contributed by atoms with Gasteiger partial charge in [0.25, 0.3) is 0 Å². The summed E-state index contributed by atoms with van der Waals surface area (Å²) in [6.07, 6.45) is 4.63. The molecule has 0 radical (unpaired) electrons. The quantitative estimate of drug-likeness (QED) is 0.310. The zero-order valence-electron chi connectivity index (χ0n) is 16.3. The number of piperidine rings is 1. The lowest BCUT2D eigenvalue weighted by Crippen LogP contribution is -2.41. The van der Waals surface area contributed by atoms with Crippen LogP contribution < -0.4 is 10.6 Å². The van der Waals surface area contributed by atoms with Crippen LogP contribution in [0.2, 0.25) is 0 Å². The first-order chi connectivity index (χ1) is 11.6. The second-order valence-corrected chi connectivity index (χ2v) is 6.59. The Morgan fingerprint density at radius 2 is 1.84 bits per heavy atom. The molecule has 2 N–H and O–H groups in total. The van der Waals surface area contributed by atoms with Crippen LogP contribution in [0.15, 0.2) is 4.99 Å². The Kier molecular flexibility index (Phi) is 14.3. The van der Waals surface area contributed by atoms with E-state index in [0.717, 1.165) is 52.0 Å². The van der Waals surface area contributed by atoms with Gasteiger partial charge in [-0.3, -0.25) is 4.79 Å². The van der Waals surface area contributed by atoms with Crippen LogP contribution in [0.5, 0.6) is 0 Å². The first-order valence-electron chi connectivity index (χ1n) is 9.50. The summed E-state index contributed by atoms with van der Waals surface area (Å²) in [5.41, 5.74) is 0. The maximum absolute atomic E-state index is 12.2. The third-order valence-corrected chi connectivity index (χ3v) is 4.27. The van der Waals surface area contributed by atoms with Crippen molar-refractivity contribution in [3.8, 4) is 0 Å². The molecule has 0 aromatic rings. The van der Waals surface area contributed by atoms with E-state index in [1.165, 1.54) is 6.42 Å². The van der Waals surface area contributed by atoms with Crippen molar-refractivity contribution in [2.45, 2.75) is 59.5 Å². The van der Waals surface area contributed by atoms with Crippen molar-refractivity contribution in [3.63, 3.8) is 0 Å². The molecule has 1 aliphatic rings. The van der Waals surface area contributed by atoms with Gasteiger partial charge in [0.1, 0.15) is 6.54 Å². The van der Waals surface area contributed by atoms with E-state index in [0.29, 0.717) is 11.9 Å². The smallest absolute Gasteiger partial charge is 0.244 e. The molecule has 0 bridgehead atoms. The molecule has 0 saturated carbocycles. The van der Waals surface area contributed by atoms with Gasteiger partial charge in [-0.05, 0) is 45.4 Å². The molecule has 1 atom stereocenters. The highest BCUT2D eigenvalue weighted by molar-refractivity contribution is 14.0. The maximum atomic E-state index is 12.2. The van der Waals surface area contributed by atoms with Gasteiger partial charge in [-0.15, -0.1) is 24.0 Å². The van der Waals surface area contributed by atoms with E-state index in [1.54, 1.807) is 0 Å². The predicted octanol–water partition coefficient (Wildman–Crippen LogP) is 2.62. The molecule has 1 amide bonds. The van der Waals surface area contributed by atoms with Crippen LogP contribution in [-0.2, 0) is 9.53 Å². The third-order valence-electron chi connectivity index (χ3n) is 4.27. The fourth-order valence-corrected chi connectivity index (χ4v) is 2.89. The molecule has 1 fully saturated rings. The van der Waals surface area contributed by atoms with Crippen LogP contribution >= 0.6 is 24.0 Å². The Labute approximate surface area is 170 Å². The van der Waals surface area contributed by atoms with Crippen LogP contribution in [0, 0.1) is 5.92 Å². The molecule has 1 unspecified atom stereocenters. The number of nitrogens with zero attached hydrogens (tertiary/aromatic N) is 2. The number of amides is 1. The number of halogens is 1. The molecule has 1 heterocycles. The number of carbonyl (C=O) groups excluding carboxylic acids is 1. The molecular formula is C18H37IN4O2. The highest BCUT2D eigenvalue weighted by Gasteiger charge is 2.16. The number of ether oxygens (including phenoxy) is 1. The fraction of sp³-hybridized carbons (Fsp3) is 0.889. The SMILES string of the molecule is CCNC(=NCC(=O)N1CCCCC1)NCCC(OCC)C(C)C.I. The summed E-state index contributed by atoms with van der Waals surface area (Å²) in [7, 11) is 0. The number of carbonyl (C=O) groups is 1. The van der Waals surface area contributed by atoms with Gasteiger partial charge in [-0.25, -0.2) is 4.99 Å². The summed E-state index contributed by atoms with van der Waals surface area (Å²) < 4.78 is 5.76. The van der Waals surface area contributed by atoms with Crippen molar-refractivity contribution in [2.75, 3.05) is 39.3 Å². The molecule has 1 aliphatic heterocycles. The van der Waals surface area contributed by atoms with Crippen molar-refractivity contribution in [1.29, 1.82) is 0 Å². The van der Waals surface area contributed by atoms with Crippen LogP contribution in [0.25, 0.3) is 0 Å². The highest BCUT2D eigenvalue weighted by atomic mass is 127. The van der Waals surface area contributed by atoms with Gasteiger partial charge in [0.2, 0.25) is 5.91 Å². The molecular weight excluding hydrogens is 431 g/mol. The molecule has 0 aromatic carbocycles. The highest BCUT2D eigenvalue weighted by Crippen LogP contribution is 2.10. The molecule has 148 valence electrons. The van der Waals surface area contributed by atoms with E-state index in [4.69, 9.17) is 4.74 Å². The Morgan fingerprint density at radius 1 is 1.16 bits per heavy atom. The second-order valence-electron chi connectivity index (χ2n) is 6.59. The number of guanidine groups is 1. The van der Waals surface area contributed by atoms with Gasteiger partial charge in [0.05, 0.1) is 6.10 Å². The van der Waals surface area contributed by atoms with Crippen LogP contribution in [-0.4, -0.2) is 62.2 Å². The zero-order chi connectivity index (χ0) is 17.8. The number of nitrogens with one attached hydrogen (secondary N) is 2. The Bertz CT molecular complexity index is 385. The van der Waals surface area contributed by atoms with E-state index >= 15 is 0 Å². The van der Waals surface area contributed by atoms with Crippen LogP contribution in [0.3, 0.4) is 0 Å². The van der Waals surface area contributed by atoms with Crippen molar-refractivity contribution in [2.24, 2.45) is 10.9 Å². The number of rotatable bonds is 9. The normalized spacial score (nSPS) is 16.4. The summed E-state index contributed by atoms with van der Waals surface area (Å²) in [6.45, 7) is 12.7. The number of hydrogen-bond donors (Lipinski definition) is 2. The second kappa shape index (κ2) is 14.6. The monoisotopic (exact) mass is 468 g/mol. The van der Waals surface area contributed by atoms with E-state index in [9.17, 15) is 4.79 Å². The lowest BCUT2D eigenvalue weighted by atomic mass is 10.0. The topological polar surface area (TPSA) is 66.0 Å². The number of likely N-dealkylation sites (tertiary alicyclic amines) is 1. The average molecular weight is 468 g/mol. The van der Waals surface area contributed by atoms with E-state index in [-0.39, 0.29) is 42.5 Å².